The molecular weight excluding hydrogens is 277 g/mol. The van der Waals surface area contributed by atoms with Gasteiger partial charge in [-0.3, -0.25) is 4.90 Å². The fraction of sp³-hybridized carbons (Fsp3) is 0.625. The molecule has 5 heteroatoms. The second-order valence-corrected chi connectivity index (χ2v) is 5.75. The highest BCUT2D eigenvalue weighted by Crippen LogP contribution is 2.33. The van der Waals surface area contributed by atoms with E-state index >= 15 is 0 Å². The number of hydrogen-bond donors (Lipinski definition) is 1. The highest BCUT2D eigenvalue weighted by atomic mass is 19.4. The Kier molecular flexibility index (Phi) is 5.65. The summed E-state index contributed by atoms with van der Waals surface area (Å²) in [5.74, 6) is 0.551. The average Bonchev–Trinajstić information content (AvgIpc) is 2.86. The van der Waals surface area contributed by atoms with E-state index in [-0.39, 0.29) is 0 Å². The van der Waals surface area contributed by atoms with E-state index in [0.29, 0.717) is 18.0 Å². The molecule has 1 unspecified atom stereocenters. The molecule has 0 saturated carbocycles. The first-order valence-electron chi connectivity index (χ1n) is 7.59. The van der Waals surface area contributed by atoms with Crippen LogP contribution in [0.3, 0.4) is 0 Å². The third kappa shape index (κ3) is 4.71. The van der Waals surface area contributed by atoms with Gasteiger partial charge in [0.25, 0.3) is 0 Å². The molecule has 1 saturated heterocycles. The zero-order valence-electron chi connectivity index (χ0n) is 12.4. The number of nitrogens with zero attached hydrogens (tertiary/aromatic N) is 1. The van der Waals surface area contributed by atoms with Gasteiger partial charge in [-0.25, -0.2) is 0 Å². The van der Waals surface area contributed by atoms with E-state index in [4.69, 9.17) is 0 Å². The summed E-state index contributed by atoms with van der Waals surface area (Å²) in [4.78, 5) is 2.13. The van der Waals surface area contributed by atoms with Gasteiger partial charge in [-0.1, -0.05) is 25.1 Å². The van der Waals surface area contributed by atoms with Gasteiger partial charge in [0.1, 0.15) is 0 Å². The van der Waals surface area contributed by atoms with Crippen molar-refractivity contribution in [2.24, 2.45) is 5.92 Å². The van der Waals surface area contributed by atoms with Crippen molar-refractivity contribution >= 4 is 0 Å². The van der Waals surface area contributed by atoms with Crippen molar-refractivity contribution in [2.45, 2.75) is 32.5 Å². The molecule has 2 rings (SSSR count). The van der Waals surface area contributed by atoms with E-state index in [9.17, 15) is 13.2 Å². The molecule has 1 aliphatic heterocycles. The fourth-order valence-corrected chi connectivity index (χ4v) is 2.88. The minimum atomic E-state index is -4.27. The molecule has 1 aromatic carbocycles. The lowest BCUT2D eigenvalue weighted by Crippen LogP contribution is -2.27. The maximum atomic E-state index is 13.0. The third-order valence-electron chi connectivity index (χ3n) is 3.95. The summed E-state index contributed by atoms with van der Waals surface area (Å²) in [5, 5.41) is 3.39. The topological polar surface area (TPSA) is 15.3 Å². The first-order chi connectivity index (χ1) is 10.0. The molecule has 1 heterocycles. The first kappa shape index (κ1) is 16.3. The van der Waals surface area contributed by atoms with Crippen molar-refractivity contribution in [1.82, 2.24) is 10.2 Å². The average molecular weight is 300 g/mol. The Balaban J connectivity index is 1.92. The van der Waals surface area contributed by atoms with E-state index < -0.39 is 11.7 Å². The van der Waals surface area contributed by atoms with Crippen LogP contribution in [0.15, 0.2) is 24.3 Å². The number of alkyl halides is 3. The molecule has 0 amide bonds. The van der Waals surface area contributed by atoms with E-state index in [1.807, 2.05) is 0 Å². The molecule has 1 N–H and O–H groups in total. The van der Waals surface area contributed by atoms with Gasteiger partial charge >= 0.3 is 6.18 Å². The largest absolute Gasteiger partial charge is 0.416 e. The predicted octanol–water partition coefficient (Wildman–Crippen LogP) is 3.53. The molecule has 0 radical (unpaired) electrons. The molecule has 1 atom stereocenters. The van der Waals surface area contributed by atoms with Gasteiger partial charge in [0.2, 0.25) is 0 Å². The molecule has 21 heavy (non-hydrogen) atoms. The van der Waals surface area contributed by atoms with Crippen LogP contribution in [0, 0.1) is 5.92 Å². The minimum absolute atomic E-state index is 0.382. The fourth-order valence-electron chi connectivity index (χ4n) is 2.88. The molecule has 1 aliphatic rings. The molecule has 1 fully saturated rings. The monoisotopic (exact) mass is 300 g/mol. The van der Waals surface area contributed by atoms with Crippen LogP contribution in [-0.4, -0.2) is 31.1 Å². The van der Waals surface area contributed by atoms with Gasteiger partial charge < -0.3 is 5.32 Å². The lowest BCUT2D eigenvalue weighted by atomic mass is 10.1. The third-order valence-corrected chi connectivity index (χ3v) is 3.95. The van der Waals surface area contributed by atoms with Gasteiger partial charge in [-0.15, -0.1) is 0 Å². The van der Waals surface area contributed by atoms with Gasteiger partial charge in [0.05, 0.1) is 5.56 Å². The predicted molar refractivity (Wildman–Crippen MR) is 78.0 cm³/mol. The van der Waals surface area contributed by atoms with Crippen molar-refractivity contribution in [3.05, 3.63) is 35.4 Å². The van der Waals surface area contributed by atoms with Crippen LogP contribution in [0.25, 0.3) is 0 Å². The Hall–Kier alpha value is -1.07. The van der Waals surface area contributed by atoms with E-state index in [0.717, 1.165) is 39.0 Å². The van der Waals surface area contributed by atoms with Crippen LogP contribution in [0.5, 0.6) is 0 Å². The second-order valence-electron chi connectivity index (χ2n) is 5.75. The Bertz CT molecular complexity index is 445. The van der Waals surface area contributed by atoms with Crippen molar-refractivity contribution in [1.29, 1.82) is 0 Å². The number of benzene rings is 1. The Labute approximate surface area is 124 Å². The second kappa shape index (κ2) is 7.27. The van der Waals surface area contributed by atoms with Gasteiger partial charge in [-0.05, 0) is 50.0 Å². The zero-order valence-corrected chi connectivity index (χ0v) is 12.4. The number of nitrogens with one attached hydrogen (secondary N) is 1. The zero-order chi connectivity index (χ0) is 15.3. The molecule has 118 valence electrons. The quantitative estimate of drug-likeness (QED) is 0.809. The van der Waals surface area contributed by atoms with Crippen molar-refractivity contribution in [3.63, 3.8) is 0 Å². The van der Waals surface area contributed by atoms with Gasteiger partial charge in [-0.2, -0.15) is 13.2 Å². The number of hydrogen-bond acceptors (Lipinski definition) is 2. The van der Waals surface area contributed by atoms with Crippen LogP contribution in [0.1, 0.15) is 30.9 Å². The summed E-state index contributed by atoms with van der Waals surface area (Å²) in [6.07, 6.45) is -2.10. The molecule has 0 aromatic heterocycles. The summed E-state index contributed by atoms with van der Waals surface area (Å²) in [6.45, 7) is 6.24. The molecule has 0 aliphatic carbocycles. The minimum Gasteiger partial charge on any atom is -0.316 e. The van der Waals surface area contributed by atoms with E-state index in [1.165, 1.54) is 12.1 Å². The van der Waals surface area contributed by atoms with Crippen molar-refractivity contribution in [2.75, 3.05) is 26.2 Å². The van der Waals surface area contributed by atoms with Crippen molar-refractivity contribution in [3.8, 4) is 0 Å². The molecular formula is C16H23F3N2. The number of rotatable bonds is 6. The molecule has 0 spiro atoms. The maximum absolute atomic E-state index is 13.0. The summed E-state index contributed by atoms with van der Waals surface area (Å²) >= 11 is 0. The molecule has 1 aromatic rings. The van der Waals surface area contributed by atoms with E-state index in [2.05, 4.69) is 17.1 Å². The van der Waals surface area contributed by atoms with Gasteiger partial charge in [0, 0.05) is 13.1 Å². The smallest absolute Gasteiger partial charge is 0.316 e. The first-order valence-corrected chi connectivity index (χ1v) is 7.59. The Morgan fingerprint density at radius 2 is 2.05 bits per heavy atom. The summed E-state index contributed by atoms with van der Waals surface area (Å²) in [5.41, 5.74) is -0.121. The van der Waals surface area contributed by atoms with Crippen LogP contribution >= 0.6 is 0 Å². The number of halogens is 3. The van der Waals surface area contributed by atoms with Gasteiger partial charge in [0.15, 0.2) is 0 Å². The molecule has 2 nitrogen and oxygen atoms in total. The highest BCUT2D eigenvalue weighted by molar-refractivity contribution is 5.29. The summed E-state index contributed by atoms with van der Waals surface area (Å²) in [6, 6.07) is 5.89. The van der Waals surface area contributed by atoms with Crippen LogP contribution in [0.4, 0.5) is 13.2 Å². The SMILES string of the molecule is CCCNCC1CCN(Cc2ccccc2C(F)(F)F)C1. The molecule has 0 bridgehead atoms. The lowest BCUT2D eigenvalue weighted by Gasteiger charge is -2.19. The van der Waals surface area contributed by atoms with Crippen LogP contribution < -0.4 is 5.32 Å². The highest BCUT2D eigenvalue weighted by Gasteiger charge is 2.33. The number of likely N-dealkylation sites (tertiary alicyclic amines) is 1. The normalized spacial score (nSPS) is 20.1. The van der Waals surface area contributed by atoms with E-state index in [1.54, 1.807) is 12.1 Å². The summed E-state index contributed by atoms with van der Waals surface area (Å²) in [7, 11) is 0. The van der Waals surface area contributed by atoms with Crippen LogP contribution in [-0.2, 0) is 12.7 Å². The Morgan fingerprint density at radius 3 is 2.76 bits per heavy atom. The maximum Gasteiger partial charge on any atom is 0.416 e. The van der Waals surface area contributed by atoms with Crippen LogP contribution in [0.2, 0.25) is 0 Å². The summed E-state index contributed by atoms with van der Waals surface area (Å²) < 4.78 is 38.9. The lowest BCUT2D eigenvalue weighted by molar-refractivity contribution is -0.138. The van der Waals surface area contributed by atoms with Crippen molar-refractivity contribution < 1.29 is 13.2 Å². The standard InChI is InChI=1S/C16H23F3N2/c1-2-8-20-10-13-7-9-21(11-13)12-14-5-3-4-6-15(14)16(17,18)19/h3-6,13,20H,2,7-12H2,1H3. The Morgan fingerprint density at radius 1 is 1.29 bits per heavy atom.